The molecule has 11 heteroatoms. The largest absolute Gasteiger partial charge is 0.557 e. The lowest BCUT2D eigenvalue weighted by atomic mass is 10.1. The molecule has 0 saturated heterocycles. The second-order valence-corrected chi connectivity index (χ2v) is 22.4. The van der Waals surface area contributed by atoms with Crippen LogP contribution in [0.5, 0.6) is 0 Å². The minimum absolute atomic E-state index is 0.525. The summed E-state index contributed by atoms with van der Waals surface area (Å²) in [5.74, 6) is 0. The first kappa shape index (κ1) is 70.9. The van der Waals surface area contributed by atoms with Gasteiger partial charge in [-0.25, -0.2) is 4.57 Å². The molecular weight excluding hydrogens is 912 g/mol. The Bertz CT molecular complexity index is 915. The lowest BCUT2D eigenvalue weighted by molar-refractivity contribution is -0.404. The summed E-state index contributed by atoms with van der Waals surface area (Å²) in [4.78, 5) is 17.8. The number of hydrogen-bond acceptors (Lipinski definition) is 10. The third-order valence-corrected chi connectivity index (χ3v) is 14.6. The van der Waals surface area contributed by atoms with Crippen LogP contribution < -0.4 is 0 Å². The van der Waals surface area contributed by atoms with Crippen LogP contribution in [-0.4, -0.2) is 38.7 Å². The second-order valence-electron chi connectivity index (χ2n) is 21.0. The van der Waals surface area contributed by atoms with Crippen molar-refractivity contribution in [3.8, 4) is 0 Å². The Morgan fingerprint density at radius 1 is 0.239 bits per heavy atom. The van der Waals surface area contributed by atoms with Gasteiger partial charge in [-0.2, -0.15) is 14.7 Å². The summed E-state index contributed by atoms with van der Waals surface area (Å²) in [5, 5.41) is 0. The molecule has 0 saturated carbocycles. The summed E-state index contributed by atoms with van der Waals surface area (Å²) in [5.41, 5.74) is 0. The lowest BCUT2D eigenvalue weighted by Gasteiger charge is -2.24. The van der Waals surface area contributed by atoms with Gasteiger partial charge in [0, 0.05) is 39.1 Å². The van der Waals surface area contributed by atoms with E-state index in [4.69, 9.17) is 42.9 Å². The average molecular weight is 1040 g/mol. The highest BCUT2D eigenvalue weighted by molar-refractivity contribution is 7.48. The fourth-order valence-electron chi connectivity index (χ4n) is 8.97. The van der Waals surface area contributed by atoms with Crippen LogP contribution in [0.3, 0.4) is 0 Å². The number of hydrogen-bond donors (Lipinski definition) is 0. The van der Waals surface area contributed by atoms with Crippen molar-refractivity contribution in [2.45, 2.75) is 369 Å². The summed E-state index contributed by atoms with van der Waals surface area (Å²) in [6.45, 7) is 15.1. The number of ether oxygens (including phenoxy) is 3. The molecule has 0 amide bonds. The molecular formula is C60H123O10P. The molecule has 0 aliphatic heterocycles. The average Bonchev–Trinajstić information content (AvgIpc) is 3.38. The Morgan fingerprint density at radius 2 is 0.408 bits per heavy atom. The lowest BCUT2D eigenvalue weighted by Crippen LogP contribution is -2.23. The van der Waals surface area contributed by atoms with Gasteiger partial charge in [0.05, 0.1) is 0 Å². The highest BCUT2D eigenvalue weighted by Crippen LogP contribution is 2.51. The van der Waals surface area contributed by atoms with Crippen molar-refractivity contribution in [2.24, 2.45) is 0 Å². The van der Waals surface area contributed by atoms with Crippen LogP contribution in [0.25, 0.3) is 0 Å². The topological polar surface area (TPSA) is 100 Å². The summed E-state index contributed by atoms with van der Waals surface area (Å²) in [6.07, 6.45) is 52.9. The van der Waals surface area contributed by atoms with Crippen LogP contribution >= 0.6 is 7.82 Å². The van der Waals surface area contributed by atoms with E-state index in [1.807, 2.05) is 0 Å². The standard InChI is InChI=1S/C60H123O10P/c1-7-13-19-25-31-34-37-40-46-52-58(62-55-49-43-28-22-16-10-4)65-68-71(61,69-66-59(63-56-50-44-29-23-17-11-5)53-47-41-38-35-32-26-20-14-8-2)70-67-60(64-57-51-45-30-24-18-12-6)54-48-42-39-36-33-27-21-15-9-3/h58-60H,7-57H2,1-6H3. The van der Waals surface area contributed by atoms with Crippen LogP contribution in [0.1, 0.15) is 350 Å². The Labute approximate surface area is 442 Å². The zero-order chi connectivity index (χ0) is 51.7. The molecule has 0 aromatic carbocycles. The van der Waals surface area contributed by atoms with Gasteiger partial charge in [0.1, 0.15) is 0 Å². The zero-order valence-corrected chi connectivity index (χ0v) is 49.2. The highest BCUT2D eigenvalue weighted by atomic mass is 31.2. The van der Waals surface area contributed by atoms with Crippen LogP contribution in [0.4, 0.5) is 0 Å². The van der Waals surface area contributed by atoms with E-state index in [0.29, 0.717) is 39.1 Å². The molecule has 0 radical (unpaired) electrons. The minimum atomic E-state index is -4.65. The molecule has 428 valence electrons. The molecule has 0 spiro atoms. The number of phosphoric acid groups is 1. The van der Waals surface area contributed by atoms with E-state index in [2.05, 4.69) is 41.5 Å². The van der Waals surface area contributed by atoms with Gasteiger partial charge >= 0.3 is 7.82 Å². The third-order valence-electron chi connectivity index (χ3n) is 13.8. The van der Waals surface area contributed by atoms with Crippen LogP contribution in [0, 0.1) is 0 Å². The Hall–Kier alpha value is -0.130. The van der Waals surface area contributed by atoms with Gasteiger partial charge < -0.3 is 14.2 Å². The van der Waals surface area contributed by atoms with Crippen molar-refractivity contribution in [1.29, 1.82) is 0 Å². The monoisotopic (exact) mass is 1030 g/mol. The van der Waals surface area contributed by atoms with Crippen molar-refractivity contribution in [2.75, 3.05) is 19.8 Å². The van der Waals surface area contributed by atoms with Crippen molar-refractivity contribution in [1.82, 2.24) is 0 Å². The van der Waals surface area contributed by atoms with Crippen molar-refractivity contribution < 1.29 is 47.5 Å². The van der Waals surface area contributed by atoms with Crippen LogP contribution in [0.15, 0.2) is 0 Å². The quantitative estimate of drug-likeness (QED) is 0.0192. The smallest absolute Gasteiger partial charge is 0.350 e. The molecule has 3 atom stereocenters. The first-order valence-electron chi connectivity index (χ1n) is 31.5. The van der Waals surface area contributed by atoms with Gasteiger partial charge in [0.15, 0.2) is 18.9 Å². The van der Waals surface area contributed by atoms with E-state index in [1.54, 1.807) is 0 Å². The Balaban J connectivity index is 6.10. The van der Waals surface area contributed by atoms with Gasteiger partial charge in [-0.15, -0.1) is 14.0 Å². The molecule has 0 N–H and O–H groups in total. The molecule has 0 rings (SSSR count). The van der Waals surface area contributed by atoms with Crippen LogP contribution in [-0.2, 0) is 47.5 Å². The van der Waals surface area contributed by atoms with Gasteiger partial charge in [0.2, 0.25) is 0 Å². The normalized spacial score (nSPS) is 14.1. The molecule has 0 bridgehead atoms. The van der Waals surface area contributed by atoms with Gasteiger partial charge in [-0.3, -0.25) is 0 Å². The maximum Gasteiger partial charge on any atom is 0.557 e. The maximum atomic E-state index is 14.7. The van der Waals surface area contributed by atoms with Gasteiger partial charge in [0.25, 0.3) is 0 Å². The molecule has 71 heavy (non-hydrogen) atoms. The summed E-state index contributed by atoms with van der Waals surface area (Å²) >= 11 is 0. The fourth-order valence-corrected chi connectivity index (χ4v) is 9.65. The molecule has 0 fully saturated rings. The zero-order valence-electron chi connectivity index (χ0n) is 48.3. The molecule has 0 aromatic rings. The van der Waals surface area contributed by atoms with Gasteiger partial charge in [-0.05, 0) is 38.5 Å². The highest BCUT2D eigenvalue weighted by Gasteiger charge is 2.37. The Kier molecular flexibility index (Phi) is 59.0. The van der Waals surface area contributed by atoms with E-state index in [1.165, 1.54) is 212 Å². The molecule has 0 aromatic heterocycles. The first-order chi connectivity index (χ1) is 35.0. The first-order valence-corrected chi connectivity index (χ1v) is 32.9. The predicted molar refractivity (Wildman–Crippen MR) is 299 cm³/mol. The second kappa shape index (κ2) is 59.1. The molecule has 0 aliphatic carbocycles. The van der Waals surface area contributed by atoms with Crippen molar-refractivity contribution in [3.63, 3.8) is 0 Å². The maximum absolute atomic E-state index is 14.7. The number of unbranched alkanes of at least 4 members (excludes halogenated alkanes) is 39. The van der Waals surface area contributed by atoms with Crippen molar-refractivity contribution >= 4 is 7.82 Å². The number of rotatable bonds is 63. The SMILES string of the molecule is CCCCCCCCCCCC(OCCCCCCCC)OOP(=O)(OOC(CCCCCCCCCCC)OCCCCCCCC)OOC(CCCCCCCCCCC)OCCCCCCCC. The molecule has 3 unspecified atom stereocenters. The Morgan fingerprint density at radius 3 is 0.606 bits per heavy atom. The summed E-state index contributed by atoms with van der Waals surface area (Å²) in [6, 6.07) is 0. The van der Waals surface area contributed by atoms with E-state index in [-0.39, 0.29) is 0 Å². The minimum Gasteiger partial charge on any atom is -0.350 e. The van der Waals surface area contributed by atoms with E-state index in [0.717, 1.165) is 77.0 Å². The van der Waals surface area contributed by atoms with Crippen molar-refractivity contribution in [3.05, 3.63) is 0 Å². The summed E-state index contributed by atoms with van der Waals surface area (Å²) < 4.78 is 50.7. The van der Waals surface area contributed by atoms with Crippen LogP contribution in [0.2, 0.25) is 0 Å². The summed E-state index contributed by atoms with van der Waals surface area (Å²) in [7, 11) is -4.65. The van der Waals surface area contributed by atoms with E-state index in [9.17, 15) is 4.57 Å². The molecule has 0 heterocycles. The predicted octanol–water partition coefficient (Wildman–Crippen LogP) is 21.8. The third kappa shape index (κ3) is 53.1. The fraction of sp³-hybridized carbons (Fsp3) is 1.00. The van der Waals surface area contributed by atoms with E-state index < -0.39 is 26.7 Å². The van der Waals surface area contributed by atoms with E-state index >= 15 is 0 Å². The molecule has 0 aliphatic rings. The molecule has 10 nitrogen and oxygen atoms in total. The van der Waals surface area contributed by atoms with Gasteiger partial charge in [-0.1, -0.05) is 292 Å².